The van der Waals surface area contributed by atoms with Gasteiger partial charge in [0.15, 0.2) is 0 Å². The predicted molar refractivity (Wildman–Crippen MR) is 113 cm³/mol. The molecule has 158 valence electrons. The summed E-state index contributed by atoms with van der Waals surface area (Å²) in [7, 11) is 1.97. The zero-order chi connectivity index (χ0) is 21.6. The Balaban J connectivity index is 0.000000321. The van der Waals surface area contributed by atoms with Gasteiger partial charge in [-0.05, 0) is 38.4 Å². The first-order chi connectivity index (χ1) is 13.7. The second kappa shape index (κ2) is 10.5. The Hall–Kier alpha value is -2.32. The van der Waals surface area contributed by atoms with Gasteiger partial charge in [0.1, 0.15) is 12.0 Å². The van der Waals surface area contributed by atoms with Crippen molar-refractivity contribution in [3.05, 3.63) is 35.9 Å². The van der Waals surface area contributed by atoms with Crippen molar-refractivity contribution in [2.75, 3.05) is 7.05 Å². The van der Waals surface area contributed by atoms with Crippen LogP contribution in [-0.2, 0) is 14.3 Å². The Bertz CT molecular complexity index is 755. The number of carbonyl (C=O) groups excluding carboxylic acids is 2. The smallest absolute Gasteiger partial charge is 0.338 e. The molecule has 2 saturated heterocycles. The molecule has 1 aromatic rings. The predicted octanol–water partition coefficient (Wildman–Crippen LogP) is 2.64. The number of ether oxygens (including phenoxy) is 1. The summed E-state index contributed by atoms with van der Waals surface area (Å²) in [6, 6.07) is 9.01. The number of hydrogen-bond acceptors (Lipinski definition) is 6. The van der Waals surface area contributed by atoms with Gasteiger partial charge in [-0.25, -0.2) is 4.79 Å². The molecule has 8 heteroatoms. The Labute approximate surface area is 176 Å². The molecule has 2 aliphatic rings. The van der Waals surface area contributed by atoms with Gasteiger partial charge in [-0.3, -0.25) is 14.5 Å². The van der Waals surface area contributed by atoms with Crippen LogP contribution < -0.4 is 5.32 Å². The highest BCUT2D eigenvalue weighted by Crippen LogP contribution is 2.39. The van der Waals surface area contributed by atoms with Crippen molar-refractivity contribution in [1.82, 2.24) is 10.2 Å². The van der Waals surface area contributed by atoms with Gasteiger partial charge in [0, 0.05) is 25.4 Å². The Morgan fingerprint density at radius 3 is 2.41 bits per heavy atom. The van der Waals surface area contributed by atoms with E-state index in [0.717, 1.165) is 19.3 Å². The maximum atomic E-state index is 12.2. The van der Waals surface area contributed by atoms with E-state index < -0.39 is 24.0 Å². The molecule has 29 heavy (non-hydrogen) atoms. The molecule has 1 aromatic carbocycles. The van der Waals surface area contributed by atoms with Crippen LogP contribution in [-0.4, -0.2) is 58.1 Å². The number of benzene rings is 1. The molecule has 0 saturated carbocycles. The second-order valence-electron chi connectivity index (χ2n) is 7.33. The van der Waals surface area contributed by atoms with Crippen LogP contribution in [0.4, 0.5) is 0 Å². The minimum atomic E-state index is -0.877. The highest BCUT2D eigenvalue weighted by atomic mass is 32.1. The number of aliphatic carboxylic acids is 1. The van der Waals surface area contributed by atoms with Crippen LogP contribution in [0.3, 0.4) is 0 Å². The summed E-state index contributed by atoms with van der Waals surface area (Å²) in [5.74, 6) is -2.04. The molecule has 0 unspecified atom stereocenters. The molecular formula is C21H28N2O5S. The number of hydrogen-bond donors (Lipinski definition) is 2. The van der Waals surface area contributed by atoms with Gasteiger partial charge >= 0.3 is 11.9 Å². The van der Waals surface area contributed by atoms with Crippen molar-refractivity contribution in [3.63, 3.8) is 0 Å². The van der Waals surface area contributed by atoms with Gasteiger partial charge in [0.05, 0.1) is 10.6 Å². The van der Waals surface area contributed by atoms with Crippen LogP contribution in [0.25, 0.3) is 0 Å². The fourth-order valence-corrected chi connectivity index (χ4v) is 4.07. The standard InChI is InChI=1S/C16H19NO4.C5H9NOS/c1-17-11-7-8-12(17)14(15(18)19)13(9-11)21-16(20)10-5-3-2-4-6-10;1-3-5(8)6-4(2)7/h2-6,11-14H,7-9H2,1H3,(H,18,19);3H2,1-2H3,(H,6,7,8)/t11-,12+,13-,14+;/m0./s1. The lowest BCUT2D eigenvalue weighted by Gasteiger charge is -2.40. The Kier molecular flexibility index (Phi) is 8.28. The highest BCUT2D eigenvalue weighted by molar-refractivity contribution is 7.80. The molecular weight excluding hydrogens is 392 g/mol. The molecule has 2 fully saturated rings. The second-order valence-corrected chi connectivity index (χ2v) is 7.82. The van der Waals surface area contributed by atoms with Crippen LogP contribution in [0.15, 0.2) is 30.3 Å². The quantitative estimate of drug-likeness (QED) is 0.571. The van der Waals surface area contributed by atoms with Crippen molar-refractivity contribution < 1.29 is 24.2 Å². The number of fused-ring (bicyclic) bond motifs is 2. The van der Waals surface area contributed by atoms with E-state index in [1.807, 2.05) is 20.0 Å². The number of esters is 1. The SMILES string of the molecule is CCC(=S)NC(C)=O.CN1[C@H]2CC[C@@H]1[C@@H](C(=O)O)[C@@H](OC(=O)c1ccccc1)C2. The first kappa shape index (κ1) is 23.0. The molecule has 3 rings (SSSR count). The molecule has 2 heterocycles. The maximum Gasteiger partial charge on any atom is 0.338 e. The summed E-state index contributed by atoms with van der Waals surface area (Å²) in [4.78, 5) is 36.7. The summed E-state index contributed by atoms with van der Waals surface area (Å²) in [5, 5.41) is 12.0. The van der Waals surface area contributed by atoms with Crippen molar-refractivity contribution in [1.29, 1.82) is 0 Å². The molecule has 0 radical (unpaired) electrons. The summed E-state index contributed by atoms with van der Waals surface area (Å²) >= 11 is 4.70. The number of nitrogens with zero attached hydrogens (tertiary/aromatic N) is 1. The normalized spacial score (nSPS) is 25.3. The molecule has 0 aliphatic carbocycles. The number of carbonyl (C=O) groups is 3. The molecule has 7 nitrogen and oxygen atoms in total. The van der Waals surface area contributed by atoms with Crippen molar-refractivity contribution >= 4 is 35.1 Å². The molecule has 0 spiro atoms. The van der Waals surface area contributed by atoms with E-state index in [2.05, 4.69) is 10.2 Å². The Morgan fingerprint density at radius 2 is 1.90 bits per heavy atom. The summed E-state index contributed by atoms with van der Waals surface area (Å²) < 4.78 is 5.53. The van der Waals surface area contributed by atoms with Crippen molar-refractivity contribution in [2.24, 2.45) is 5.92 Å². The lowest BCUT2D eigenvalue weighted by atomic mass is 9.87. The van der Waals surface area contributed by atoms with Crippen molar-refractivity contribution in [2.45, 2.75) is 57.7 Å². The van der Waals surface area contributed by atoms with Crippen molar-refractivity contribution in [3.8, 4) is 0 Å². The zero-order valence-electron chi connectivity index (χ0n) is 17.0. The van der Waals surface area contributed by atoms with E-state index >= 15 is 0 Å². The van der Waals surface area contributed by atoms with E-state index in [-0.39, 0.29) is 11.9 Å². The maximum absolute atomic E-state index is 12.2. The molecule has 2 bridgehead atoms. The number of amides is 1. The molecule has 1 amide bonds. The van der Waals surface area contributed by atoms with Gasteiger partial charge < -0.3 is 15.2 Å². The fourth-order valence-electron chi connectivity index (χ4n) is 3.93. The third-order valence-electron chi connectivity index (χ3n) is 5.40. The van der Waals surface area contributed by atoms with E-state index in [1.54, 1.807) is 24.3 Å². The minimum absolute atomic E-state index is 0.0326. The number of rotatable bonds is 4. The van der Waals surface area contributed by atoms with Gasteiger partial charge in [0.2, 0.25) is 5.91 Å². The molecule has 2 aliphatic heterocycles. The Morgan fingerprint density at radius 1 is 1.24 bits per heavy atom. The fraction of sp³-hybridized carbons (Fsp3) is 0.524. The molecule has 0 aromatic heterocycles. The number of thiocarbonyl (C=S) groups is 1. The molecule has 4 atom stereocenters. The topological polar surface area (TPSA) is 95.9 Å². The zero-order valence-corrected chi connectivity index (χ0v) is 17.8. The first-order valence-electron chi connectivity index (χ1n) is 9.75. The number of carboxylic acids is 1. The minimum Gasteiger partial charge on any atom is -0.481 e. The molecule has 2 N–H and O–H groups in total. The van der Waals surface area contributed by atoms with Gasteiger partial charge in [0.25, 0.3) is 0 Å². The van der Waals surface area contributed by atoms with Gasteiger partial charge in [-0.2, -0.15) is 0 Å². The lowest BCUT2D eigenvalue weighted by Crippen LogP contribution is -2.53. The van der Waals surface area contributed by atoms with Crippen LogP contribution in [0.2, 0.25) is 0 Å². The van der Waals surface area contributed by atoms with Crippen LogP contribution in [0.1, 0.15) is 49.9 Å². The largest absolute Gasteiger partial charge is 0.481 e. The number of carboxylic acid groups (broad SMARTS) is 1. The van der Waals surface area contributed by atoms with E-state index in [1.165, 1.54) is 6.92 Å². The third kappa shape index (κ3) is 6.08. The third-order valence-corrected chi connectivity index (χ3v) is 5.79. The first-order valence-corrected chi connectivity index (χ1v) is 10.2. The average Bonchev–Trinajstić information content (AvgIpc) is 2.91. The average molecular weight is 421 g/mol. The summed E-state index contributed by atoms with van der Waals surface area (Å²) in [6.07, 6.45) is 2.63. The monoisotopic (exact) mass is 420 g/mol. The summed E-state index contributed by atoms with van der Waals surface area (Å²) in [5.41, 5.74) is 0.466. The highest BCUT2D eigenvalue weighted by Gasteiger charge is 2.50. The number of piperidine rings is 1. The van der Waals surface area contributed by atoms with Crippen LogP contribution in [0.5, 0.6) is 0 Å². The summed E-state index contributed by atoms with van der Waals surface area (Å²) in [6.45, 7) is 3.35. The van der Waals surface area contributed by atoms with Gasteiger partial charge in [-0.15, -0.1) is 0 Å². The van der Waals surface area contributed by atoms with Crippen LogP contribution >= 0.6 is 12.2 Å². The van der Waals surface area contributed by atoms with Gasteiger partial charge in [-0.1, -0.05) is 37.3 Å². The van der Waals surface area contributed by atoms with E-state index in [9.17, 15) is 19.5 Å². The lowest BCUT2D eigenvalue weighted by molar-refractivity contribution is -0.152. The number of nitrogens with one attached hydrogen (secondary N) is 1. The van der Waals surface area contributed by atoms with Crippen LogP contribution in [0, 0.1) is 5.92 Å². The van der Waals surface area contributed by atoms with E-state index in [0.29, 0.717) is 23.0 Å². The van der Waals surface area contributed by atoms with E-state index in [4.69, 9.17) is 17.0 Å².